The number of carbonyl (C=O) groups is 1. The van der Waals surface area contributed by atoms with Crippen LogP contribution in [-0.4, -0.2) is 23.0 Å². The number of nitrogens with one attached hydrogen (secondary N) is 1. The van der Waals surface area contributed by atoms with Gasteiger partial charge >= 0.3 is 0 Å². The van der Waals surface area contributed by atoms with Crippen molar-refractivity contribution in [1.29, 1.82) is 5.26 Å². The minimum Gasteiger partial charge on any atom is -0.312 e. The Hall–Kier alpha value is -1.86. The van der Waals surface area contributed by atoms with Crippen molar-refractivity contribution in [3.05, 3.63) is 35.4 Å². The first-order valence-electron chi connectivity index (χ1n) is 7.71. The van der Waals surface area contributed by atoms with Gasteiger partial charge in [-0.2, -0.15) is 5.26 Å². The van der Waals surface area contributed by atoms with Crippen molar-refractivity contribution >= 4 is 5.91 Å². The van der Waals surface area contributed by atoms with Crippen molar-refractivity contribution in [2.75, 3.05) is 6.54 Å². The Labute approximate surface area is 125 Å². The van der Waals surface area contributed by atoms with E-state index in [1.54, 1.807) is 11.8 Å². The number of benzene rings is 1. The quantitative estimate of drug-likeness (QED) is 0.907. The zero-order valence-electron chi connectivity index (χ0n) is 12.4. The summed E-state index contributed by atoms with van der Waals surface area (Å²) in [6.45, 7) is 2.22. The van der Waals surface area contributed by atoms with Crippen LogP contribution in [0.5, 0.6) is 0 Å². The minimum atomic E-state index is -0.832. The Morgan fingerprint density at radius 2 is 2.24 bits per heavy atom. The van der Waals surface area contributed by atoms with Crippen LogP contribution in [0.15, 0.2) is 24.3 Å². The Balaban J connectivity index is 1.89. The number of nitriles is 1. The summed E-state index contributed by atoms with van der Waals surface area (Å²) in [5.74, 6) is -0.0226. The third kappa shape index (κ3) is 2.43. The molecule has 1 amide bonds. The largest absolute Gasteiger partial charge is 0.312 e. The summed E-state index contributed by atoms with van der Waals surface area (Å²) in [7, 11) is 0. The van der Waals surface area contributed by atoms with E-state index in [1.807, 2.05) is 0 Å². The van der Waals surface area contributed by atoms with Gasteiger partial charge in [0.2, 0.25) is 5.91 Å². The molecule has 4 heteroatoms. The van der Waals surface area contributed by atoms with Crippen LogP contribution in [0.1, 0.15) is 49.8 Å². The molecule has 0 bridgehead atoms. The molecule has 2 aliphatic rings. The summed E-state index contributed by atoms with van der Waals surface area (Å²) in [4.78, 5) is 13.5. The van der Waals surface area contributed by atoms with Crippen molar-refractivity contribution in [2.45, 2.75) is 50.7 Å². The smallest absolute Gasteiger partial charge is 0.221 e. The second kappa shape index (κ2) is 5.50. The van der Waals surface area contributed by atoms with Gasteiger partial charge in [0.1, 0.15) is 6.07 Å². The van der Waals surface area contributed by atoms with E-state index in [1.165, 1.54) is 11.1 Å². The summed E-state index contributed by atoms with van der Waals surface area (Å²) in [6, 6.07) is 11.0. The number of hydrogen-bond acceptors (Lipinski definition) is 3. The summed E-state index contributed by atoms with van der Waals surface area (Å²) >= 11 is 0. The van der Waals surface area contributed by atoms with Crippen molar-refractivity contribution in [2.24, 2.45) is 0 Å². The van der Waals surface area contributed by atoms with E-state index in [2.05, 4.69) is 35.7 Å². The lowest BCUT2D eigenvalue weighted by atomic mass is 9.86. The maximum absolute atomic E-state index is 11.8. The van der Waals surface area contributed by atoms with Crippen LogP contribution in [0.3, 0.4) is 0 Å². The molecule has 1 N–H and O–H groups in total. The zero-order valence-corrected chi connectivity index (χ0v) is 12.4. The average Bonchev–Trinajstić information content (AvgIpc) is 2.92. The molecule has 1 aromatic carbocycles. The monoisotopic (exact) mass is 283 g/mol. The zero-order chi connectivity index (χ0) is 14.9. The summed E-state index contributed by atoms with van der Waals surface area (Å²) in [6.07, 6.45) is 4.84. The number of carbonyl (C=O) groups excluding carboxylic acids is 1. The molecule has 21 heavy (non-hydrogen) atoms. The van der Waals surface area contributed by atoms with Crippen LogP contribution < -0.4 is 5.32 Å². The molecule has 1 aliphatic carbocycles. The van der Waals surface area contributed by atoms with E-state index in [0.29, 0.717) is 13.0 Å². The fraction of sp³-hybridized carbons (Fsp3) is 0.529. The van der Waals surface area contributed by atoms with Crippen LogP contribution >= 0.6 is 0 Å². The highest BCUT2D eigenvalue weighted by atomic mass is 16.2. The summed E-state index contributed by atoms with van der Waals surface area (Å²) in [5, 5.41) is 13.2. The highest BCUT2D eigenvalue weighted by Gasteiger charge is 2.44. The van der Waals surface area contributed by atoms with Gasteiger partial charge in [-0.05, 0) is 43.2 Å². The molecule has 0 radical (unpaired) electrons. The first-order valence-corrected chi connectivity index (χ1v) is 7.71. The molecular formula is C17H21N3O. The van der Waals surface area contributed by atoms with Crippen LogP contribution in [0.25, 0.3) is 0 Å². The normalized spacial score (nSPS) is 28.0. The van der Waals surface area contributed by atoms with Gasteiger partial charge in [-0.25, -0.2) is 0 Å². The molecule has 1 saturated heterocycles. The van der Waals surface area contributed by atoms with Gasteiger partial charge in [-0.3, -0.25) is 10.1 Å². The molecule has 1 fully saturated rings. The third-order valence-corrected chi connectivity index (χ3v) is 4.73. The third-order valence-electron chi connectivity index (χ3n) is 4.73. The first kappa shape index (κ1) is 14.1. The molecule has 110 valence electrons. The summed E-state index contributed by atoms with van der Waals surface area (Å²) < 4.78 is 0. The van der Waals surface area contributed by atoms with E-state index >= 15 is 0 Å². The van der Waals surface area contributed by atoms with E-state index < -0.39 is 5.66 Å². The lowest BCUT2D eigenvalue weighted by Gasteiger charge is -2.38. The molecule has 0 spiro atoms. The molecule has 3 rings (SSSR count). The molecular weight excluding hydrogens is 262 g/mol. The van der Waals surface area contributed by atoms with Gasteiger partial charge < -0.3 is 4.90 Å². The van der Waals surface area contributed by atoms with E-state index in [4.69, 9.17) is 0 Å². The van der Waals surface area contributed by atoms with Crippen LogP contribution in [0, 0.1) is 11.3 Å². The number of rotatable bonds is 2. The molecule has 1 heterocycles. The molecule has 1 aliphatic heterocycles. The molecule has 2 atom stereocenters. The van der Waals surface area contributed by atoms with Gasteiger partial charge in [0, 0.05) is 19.5 Å². The van der Waals surface area contributed by atoms with Gasteiger partial charge in [0.05, 0.1) is 0 Å². The van der Waals surface area contributed by atoms with Crippen LogP contribution in [0.2, 0.25) is 0 Å². The predicted octanol–water partition coefficient (Wildman–Crippen LogP) is 2.52. The standard InChI is InChI=1S/C17H21N3O/c1-13(21)20-11-5-10-17(20,12-18)19-16-9-4-7-14-6-2-3-8-15(14)16/h2-3,6,8,16,19H,4-5,7,9-11H2,1H3. The number of amides is 1. The minimum absolute atomic E-state index is 0.0226. The average molecular weight is 283 g/mol. The maximum Gasteiger partial charge on any atom is 0.221 e. The number of nitrogens with zero attached hydrogens (tertiary/aromatic N) is 2. The fourth-order valence-corrected chi connectivity index (χ4v) is 3.74. The topological polar surface area (TPSA) is 56.1 Å². The fourth-order valence-electron chi connectivity index (χ4n) is 3.74. The number of aryl methyl sites for hydroxylation is 1. The maximum atomic E-state index is 11.8. The second-order valence-corrected chi connectivity index (χ2v) is 6.03. The lowest BCUT2D eigenvalue weighted by Crippen LogP contribution is -2.57. The number of fused-ring (bicyclic) bond motifs is 1. The van der Waals surface area contributed by atoms with Crippen molar-refractivity contribution in [3.63, 3.8) is 0 Å². The SMILES string of the molecule is CC(=O)N1CCCC1(C#N)NC1CCCc2ccccc21. The van der Waals surface area contributed by atoms with Crippen LogP contribution in [0.4, 0.5) is 0 Å². The Morgan fingerprint density at radius 1 is 1.43 bits per heavy atom. The lowest BCUT2D eigenvalue weighted by molar-refractivity contribution is -0.132. The Kier molecular flexibility index (Phi) is 3.69. The van der Waals surface area contributed by atoms with Crippen LogP contribution in [-0.2, 0) is 11.2 Å². The molecule has 1 aromatic rings. The molecule has 4 nitrogen and oxygen atoms in total. The van der Waals surface area contributed by atoms with E-state index in [-0.39, 0.29) is 11.9 Å². The highest BCUT2D eigenvalue weighted by Crippen LogP contribution is 2.35. The second-order valence-electron chi connectivity index (χ2n) is 6.03. The van der Waals surface area contributed by atoms with Gasteiger partial charge in [0.25, 0.3) is 0 Å². The van der Waals surface area contributed by atoms with E-state index in [0.717, 1.165) is 25.7 Å². The van der Waals surface area contributed by atoms with Crippen molar-refractivity contribution in [3.8, 4) is 6.07 Å². The predicted molar refractivity (Wildman–Crippen MR) is 80.2 cm³/mol. The van der Waals surface area contributed by atoms with Gasteiger partial charge in [0.15, 0.2) is 5.66 Å². The number of likely N-dealkylation sites (tertiary alicyclic amines) is 1. The number of hydrogen-bond donors (Lipinski definition) is 1. The molecule has 0 aromatic heterocycles. The Bertz CT molecular complexity index is 592. The van der Waals surface area contributed by atoms with Crippen molar-refractivity contribution < 1.29 is 4.79 Å². The van der Waals surface area contributed by atoms with Gasteiger partial charge in [-0.1, -0.05) is 24.3 Å². The summed E-state index contributed by atoms with van der Waals surface area (Å²) in [5.41, 5.74) is 1.82. The molecule has 0 saturated carbocycles. The van der Waals surface area contributed by atoms with Gasteiger partial charge in [-0.15, -0.1) is 0 Å². The van der Waals surface area contributed by atoms with E-state index in [9.17, 15) is 10.1 Å². The highest BCUT2D eigenvalue weighted by molar-refractivity contribution is 5.75. The van der Waals surface area contributed by atoms with Crippen molar-refractivity contribution in [1.82, 2.24) is 10.2 Å². The Morgan fingerprint density at radius 3 is 3.00 bits per heavy atom. The molecule has 2 unspecified atom stereocenters. The first-order chi connectivity index (χ1) is 10.2.